The van der Waals surface area contributed by atoms with Crippen molar-refractivity contribution in [2.24, 2.45) is 0 Å². The number of fused-ring (bicyclic) bond motifs is 1. The average molecular weight is 201 g/mol. The molecule has 2 aromatic heterocycles. The van der Waals surface area contributed by atoms with Crippen molar-refractivity contribution in [1.29, 1.82) is 0 Å². The second kappa shape index (κ2) is 4.26. The summed E-state index contributed by atoms with van der Waals surface area (Å²) in [6.45, 7) is 2.18. The van der Waals surface area contributed by atoms with E-state index in [1.807, 2.05) is 18.2 Å². The molecular formula is C12H15N3. The van der Waals surface area contributed by atoms with Crippen molar-refractivity contribution in [1.82, 2.24) is 9.97 Å². The van der Waals surface area contributed by atoms with E-state index in [1.165, 1.54) is 12.8 Å². The molecule has 0 aromatic carbocycles. The van der Waals surface area contributed by atoms with Crippen molar-refractivity contribution in [3.05, 3.63) is 30.1 Å². The molecule has 0 amide bonds. The quantitative estimate of drug-likeness (QED) is 0.830. The lowest BCUT2D eigenvalue weighted by Crippen LogP contribution is -1.95. The average Bonchev–Trinajstić information content (AvgIpc) is 2.26. The van der Waals surface area contributed by atoms with Gasteiger partial charge >= 0.3 is 0 Å². The number of rotatable bonds is 3. The van der Waals surface area contributed by atoms with Crippen LogP contribution in [-0.4, -0.2) is 9.97 Å². The molecule has 0 atom stereocenters. The van der Waals surface area contributed by atoms with Gasteiger partial charge in [-0.3, -0.25) is 4.98 Å². The molecule has 2 aromatic rings. The van der Waals surface area contributed by atoms with Gasteiger partial charge in [-0.1, -0.05) is 13.3 Å². The third kappa shape index (κ3) is 2.06. The molecule has 2 rings (SSSR count). The van der Waals surface area contributed by atoms with Crippen LogP contribution in [0.15, 0.2) is 24.4 Å². The van der Waals surface area contributed by atoms with Gasteiger partial charge < -0.3 is 5.73 Å². The molecule has 0 aliphatic heterocycles. The number of pyridine rings is 2. The fourth-order valence-electron chi connectivity index (χ4n) is 1.62. The van der Waals surface area contributed by atoms with Crippen molar-refractivity contribution >= 4 is 16.7 Å². The van der Waals surface area contributed by atoms with E-state index in [2.05, 4.69) is 16.9 Å². The van der Waals surface area contributed by atoms with Gasteiger partial charge in [-0.15, -0.1) is 0 Å². The minimum Gasteiger partial charge on any atom is -0.383 e. The smallest absolute Gasteiger partial charge is 0.132 e. The summed E-state index contributed by atoms with van der Waals surface area (Å²) in [5.74, 6) is 0.557. The van der Waals surface area contributed by atoms with Crippen LogP contribution in [0.25, 0.3) is 10.9 Å². The zero-order chi connectivity index (χ0) is 10.7. The number of nitrogens with two attached hydrogens (primary N) is 1. The molecule has 0 unspecified atom stereocenters. The maximum absolute atomic E-state index is 5.76. The monoisotopic (exact) mass is 201 g/mol. The zero-order valence-electron chi connectivity index (χ0n) is 8.90. The van der Waals surface area contributed by atoms with Crippen LogP contribution < -0.4 is 5.73 Å². The van der Waals surface area contributed by atoms with E-state index in [-0.39, 0.29) is 0 Å². The molecule has 15 heavy (non-hydrogen) atoms. The predicted octanol–water partition coefficient (Wildman–Crippen LogP) is 2.55. The van der Waals surface area contributed by atoms with E-state index in [1.54, 1.807) is 6.20 Å². The second-order valence-corrected chi connectivity index (χ2v) is 3.67. The number of nitrogens with zero attached hydrogens (tertiary/aromatic N) is 2. The van der Waals surface area contributed by atoms with Gasteiger partial charge in [-0.25, -0.2) is 4.98 Å². The lowest BCUT2D eigenvalue weighted by atomic mass is 10.1. The van der Waals surface area contributed by atoms with E-state index < -0.39 is 0 Å². The van der Waals surface area contributed by atoms with Gasteiger partial charge in [0.15, 0.2) is 0 Å². The minimum atomic E-state index is 0.557. The fourth-order valence-corrected chi connectivity index (χ4v) is 1.62. The Morgan fingerprint density at radius 3 is 2.93 bits per heavy atom. The van der Waals surface area contributed by atoms with Crippen LogP contribution in [0.4, 0.5) is 5.82 Å². The number of hydrogen-bond acceptors (Lipinski definition) is 3. The fraction of sp³-hybridized carbons (Fsp3) is 0.333. The summed E-state index contributed by atoms with van der Waals surface area (Å²) in [6, 6.07) is 5.95. The number of nitrogen functional groups attached to an aromatic ring is 1. The summed E-state index contributed by atoms with van der Waals surface area (Å²) in [6.07, 6.45) is 5.11. The van der Waals surface area contributed by atoms with Crippen LogP contribution in [0.3, 0.4) is 0 Å². The lowest BCUT2D eigenvalue weighted by Gasteiger charge is -2.03. The molecule has 0 aliphatic rings. The van der Waals surface area contributed by atoms with Gasteiger partial charge in [0.2, 0.25) is 0 Å². The Labute approximate surface area is 89.4 Å². The number of aromatic nitrogens is 2. The highest BCUT2D eigenvalue weighted by Gasteiger charge is 2.01. The summed E-state index contributed by atoms with van der Waals surface area (Å²) in [5.41, 5.74) is 7.83. The van der Waals surface area contributed by atoms with Crippen molar-refractivity contribution < 1.29 is 0 Å². The molecule has 0 saturated carbocycles. The Morgan fingerprint density at radius 2 is 2.13 bits per heavy atom. The Kier molecular flexibility index (Phi) is 2.81. The van der Waals surface area contributed by atoms with Crippen LogP contribution >= 0.6 is 0 Å². The molecule has 3 heteroatoms. The van der Waals surface area contributed by atoms with E-state index in [4.69, 9.17) is 5.73 Å². The highest BCUT2D eigenvalue weighted by molar-refractivity contribution is 5.87. The first-order valence-corrected chi connectivity index (χ1v) is 5.31. The first kappa shape index (κ1) is 9.90. The third-order valence-corrected chi connectivity index (χ3v) is 2.49. The first-order chi connectivity index (χ1) is 7.31. The largest absolute Gasteiger partial charge is 0.383 e. The molecule has 0 radical (unpaired) electrons. The summed E-state index contributed by atoms with van der Waals surface area (Å²) >= 11 is 0. The van der Waals surface area contributed by atoms with Gasteiger partial charge in [0.25, 0.3) is 0 Å². The summed E-state index contributed by atoms with van der Waals surface area (Å²) in [4.78, 5) is 8.59. The third-order valence-electron chi connectivity index (χ3n) is 2.49. The van der Waals surface area contributed by atoms with E-state index >= 15 is 0 Å². The van der Waals surface area contributed by atoms with Crippen molar-refractivity contribution in [3.63, 3.8) is 0 Å². The Hall–Kier alpha value is -1.64. The van der Waals surface area contributed by atoms with Crippen molar-refractivity contribution in [3.8, 4) is 0 Å². The zero-order valence-corrected chi connectivity index (χ0v) is 8.90. The number of hydrogen-bond donors (Lipinski definition) is 1. The Balaban J connectivity index is 2.39. The molecule has 0 bridgehead atoms. The molecule has 0 fully saturated rings. The molecule has 78 valence electrons. The van der Waals surface area contributed by atoms with E-state index in [0.717, 1.165) is 23.0 Å². The number of anilines is 1. The molecule has 0 spiro atoms. The van der Waals surface area contributed by atoms with E-state index in [0.29, 0.717) is 5.82 Å². The standard InChI is InChI=1S/C12H15N3/c1-2-3-4-9-5-6-10-11(15-9)7-8-14-12(10)13/h5-8H,2-4H2,1H3,(H2,13,14). The van der Waals surface area contributed by atoms with Gasteiger partial charge in [0, 0.05) is 17.3 Å². The second-order valence-electron chi connectivity index (χ2n) is 3.67. The summed E-state index contributed by atoms with van der Waals surface area (Å²) in [5, 5.41) is 0.942. The summed E-state index contributed by atoms with van der Waals surface area (Å²) < 4.78 is 0. The molecule has 2 heterocycles. The van der Waals surface area contributed by atoms with Gasteiger partial charge in [-0.05, 0) is 31.0 Å². The molecule has 3 nitrogen and oxygen atoms in total. The first-order valence-electron chi connectivity index (χ1n) is 5.31. The van der Waals surface area contributed by atoms with Crippen LogP contribution in [-0.2, 0) is 6.42 Å². The normalized spacial score (nSPS) is 10.7. The molecule has 0 saturated heterocycles. The van der Waals surface area contributed by atoms with Crippen molar-refractivity contribution in [2.45, 2.75) is 26.2 Å². The lowest BCUT2D eigenvalue weighted by molar-refractivity contribution is 0.780. The Bertz CT molecular complexity index is 465. The highest BCUT2D eigenvalue weighted by Crippen LogP contribution is 2.17. The van der Waals surface area contributed by atoms with Crippen LogP contribution in [0, 0.1) is 0 Å². The van der Waals surface area contributed by atoms with Crippen LogP contribution in [0.1, 0.15) is 25.5 Å². The minimum absolute atomic E-state index is 0.557. The highest BCUT2D eigenvalue weighted by atomic mass is 14.8. The number of unbranched alkanes of at least 4 members (excludes halogenated alkanes) is 1. The van der Waals surface area contributed by atoms with Crippen molar-refractivity contribution in [2.75, 3.05) is 5.73 Å². The van der Waals surface area contributed by atoms with Crippen LogP contribution in [0.5, 0.6) is 0 Å². The van der Waals surface area contributed by atoms with Gasteiger partial charge in [0.1, 0.15) is 5.82 Å². The van der Waals surface area contributed by atoms with E-state index in [9.17, 15) is 0 Å². The SMILES string of the molecule is CCCCc1ccc2c(N)nccc2n1. The predicted molar refractivity (Wildman–Crippen MR) is 62.6 cm³/mol. The molecular weight excluding hydrogens is 186 g/mol. The topological polar surface area (TPSA) is 51.8 Å². The van der Waals surface area contributed by atoms with Gasteiger partial charge in [0.05, 0.1) is 5.52 Å². The number of aryl methyl sites for hydroxylation is 1. The summed E-state index contributed by atoms with van der Waals surface area (Å²) in [7, 11) is 0. The molecule has 2 N–H and O–H groups in total. The molecule has 0 aliphatic carbocycles. The maximum Gasteiger partial charge on any atom is 0.132 e. The van der Waals surface area contributed by atoms with Gasteiger partial charge in [-0.2, -0.15) is 0 Å². The maximum atomic E-state index is 5.76. The van der Waals surface area contributed by atoms with Crippen LogP contribution in [0.2, 0.25) is 0 Å². The Morgan fingerprint density at radius 1 is 1.27 bits per heavy atom.